The van der Waals surface area contributed by atoms with Crippen LogP contribution in [0.25, 0.3) is 39.0 Å². The van der Waals surface area contributed by atoms with Gasteiger partial charge in [0.1, 0.15) is 10.7 Å². The molecular weight excluding hydrogens is 430 g/mol. The molecule has 5 nitrogen and oxygen atoms in total. The quantitative estimate of drug-likeness (QED) is 0.361. The highest BCUT2D eigenvalue weighted by atomic mass is 35.5. The first kappa shape index (κ1) is 19.2. The van der Waals surface area contributed by atoms with Crippen molar-refractivity contribution in [3.63, 3.8) is 0 Å². The van der Waals surface area contributed by atoms with E-state index in [1.54, 1.807) is 46.2 Å². The first-order valence-electron chi connectivity index (χ1n) is 9.36. The Hall–Kier alpha value is -3.79. The number of pyridine rings is 1. The van der Waals surface area contributed by atoms with Crippen molar-refractivity contribution in [2.75, 3.05) is 0 Å². The van der Waals surface area contributed by atoms with Gasteiger partial charge in [-0.3, -0.25) is 9.36 Å². The molecule has 0 aliphatic carbocycles. The van der Waals surface area contributed by atoms with Gasteiger partial charge in [0.2, 0.25) is 0 Å². The van der Waals surface area contributed by atoms with Crippen LogP contribution in [-0.2, 0) is 0 Å². The fraction of sp³-hybridized carbons (Fsp3) is 0. The molecule has 2 aromatic carbocycles. The maximum Gasteiger partial charge on any atom is 0.260 e. The smallest absolute Gasteiger partial charge is 0.260 e. The molecule has 0 spiro atoms. The van der Waals surface area contributed by atoms with Crippen LogP contribution >= 0.6 is 22.9 Å². The van der Waals surface area contributed by atoms with E-state index in [1.165, 1.54) is 0 Å². The third kappa shape index (κ3) is 3.21. The lowest BCUT2D eigenvalue weighted by Gasteiger charge is -2.11. The number of nitriles is 1. The number of nitrogens with zero attached hydrogens (tertiary/aromatic N) is 2. The van der Waals surface area contributed by atoms with Crippen molar-refractivity contribution in [1.29, 1.82) is 5.26 Å². The van der Waals surface area contributed by atoms with Gasteiger partial charge in [0.15, 0.2) is 5.75 Å². The number of hydrogen-bond acceptors (Lipinski definition) is 4. The van der Waals surface area contributed by atoms with Crippen LogP contribution in [0.5, 0.6) is 5.75 Å². The number of halogens is 1. The minimum Gasteiger partial charge on any atom is -0.505 e. The molecule has 0 saturated carbocycles. The predicted molar refractivity (Wildman–Crippen MR) is 124 cm³/mol. The molecule has 7 heteroatoms. The van der Waals surface area contributed by atoms with E-state index < -0.39 is 5.56 Å². The van der Waals surface area contributed by atoms with Crippen LogP contribution in [0.3, 0.4) is 0 Å². The Kier molecular flexibility index (Phi) is 4.63. The van der Waals surface area contributed by atoms with Crippen LogP contribution in [-0.4, -0.2) is 14.7 Å². The minimum atomic E-state index is -0.434. The molecule has 2 N–H and O–H groups in total. The van der Waals surface area contributed by atoms with E-state index in [9.17, 15) is 9.90 Å². The zero-order valence-corrected chi connectivity index (χ0v) is 17.5. The molecule has 0 saturated heterocycles. The second kappa shape index (κ2) is 7.47. The second-order valence-electron chi connectivity index (χ2n) is 6.99. The average Bonchev–Trinajstić information content (AvgIpc) is 3.42. The number of aromatic hydroxyl groups is 1. The average molecular weight is 444 g/mol. The Balaban J connectivity index is 1.70. The normalized spacial score (nSPS) is 11.0. The van der Waals surface area contributed by atoms with Crippen molar-refractivity contribution in [3.8, 4) is 39.8 Å². The molecule has 0 aliphatic heterocycles. The highest BCUT2D eigenvalue weighted by Gasteiger charge is 2.20. The maximum absolute atomic E-state index is 12.7. The molecule has 5 rings (SSSR count). The Bertz CT molecular complexity index is 1510. The summed E-state index contributed by atoms with van der Waals surface area (Å²) in [7, 11) is 0. The van der Waals surface area contributed by atoms with Gasteiger partial charge in [0, 0.05) is 5.69 Å². The molecule has 0 atom stereocenters. The van der Waals surface area contributed by atoms with E-state index in [-0.39, 0.29) is 11.3 Å². The van der Waals surface area contributed by atoms with Gasteiger partial charge in [-0.05, 0) is 63.8 Å². The fourth-order valence-corrected chi connectivity index (χ4v) is 4.64. The van der Waals surface area contributed by atoms with E-state index in [4.69, 9.17) is 16.9 Å². The molecule has 3 heterocycles. The lowest BCUT2D eigenvalue weighted by Crippen LogP contribution is -2.09. The van der Waals surface area contributed by atoms with Crippen LogP contribution in [0, 0.1) is 11.3 Å². The largest absolute Gasteiger partial charge is 0.505 e. The molecule has 0 radical (unpaired) electrons. The third-order valence-electron chi connectivity index (χ3n) is 5.17. The van der Waals surface area contributed by atoms with Gasteiger partial charge in [-0.15, -0.1) is 0 Å². The van der Waals surface area contributed by atoms with Gasteiger partial charge < -0.3 is 10.1 Å². The summed E-state index contributed by atoms with van der Waals surface area (Å²) in [5.74, 6) is -0.169. The number of hydrogen-bond donors (Lipinski definition) is 2. The number of benzene rings is 2. The first-order valence-corrected chi connectivity index (χ1v) is 10.7. The molecule has 3 aromatic heterocycles. The van der Waals surface area contributed by atoms with Crippen LogP contribution in [0.4, 0.5) is 0 Å². The number of aromatic amines is 1. The lowest BCUT2D eigenvalue weighted by molar-refractivity contribution is 0.480. The molecule has 31 heavy (non-hydrogen) atoms. The highest BCUT2D eigenvalue weighted by molar-refractivity contribution is 7.08. The molecule has 0 fully saturated rings. The van der Waals surface area contributed by atoms with Gasteiger partial charge in [-0.25, -0.2) is 0 Å². The van der Waals surface area contributed by atoms with E-state index in [0.717, 1.165) is 16.8 Å². The lowest BCUT2D eigenvalue weighted by atomic mass is 10.0. The Labute approximate surface area is 186 Å². The van der Waals surface area contributed by atoms with Gasteiger partial charge in [-0.2, -0.15) is 16.6 Å². The molecule has 5 aromatic rings. The first-order chi connectivity index (χ1) is 15.1. The van der Waals surface area contributed by atoms with Crippen molar-refractivity contribution >= 4 is 34.0 Å². The van der Waals surface area contributed by atoms with Crippen molar-refractivity contribution in [3.05, 3.63) is 92.5 Å². The molecular formula is C24H14ClN3O2S. The summed E-state index contributed by atoms with van der Waals surface area (Å²) in [6, 6.07) is 20.0. The zero-order chi connectivity index (χ0) is 21.5. The van der Waals surface area contributed by atoms with Crippen LogP contribution in [0.2, 0.25) is 5.15 Å². The summed E-state index contributed by atoms with van der Waals surface area (Å²) in [5.41, 5.74) is 4.49. The standard InChI is InChI=1S/C24H14ClN3O2S/c25-20-11-19-22(28(20)18-7-5-15(6-8-18)17-9-10-31-13-17)23(29)21(24(30)27-19)16-3-1-14(12-26)2-4-16/h1-11,13H,(H2,27,29,30). The summed E-state index contributed by atoms with van der Waals surface area (Å²) in [6.45, 7) is 0. The molecule has 0 bridgehead atoms. The molecule has 0 amide bonds. The maximum atomic E-state index is 12.7. The van der Waals surface area contributed by atoms with Crippen LogP contribution in [0.15, 0.2) is 76.2 Å². The summed E-state index contributed by atoms with van der Waals surface area (Å²) in [5, 5.41) is 24.6. The van der Waals surface area contributed by atoms with E-state index in [0.29, 0.717) is 27.3 Å². The summed E-state index contributed by atoms with van der Waals surface area (Å²) in [6.07, 6.45) is 0. The molecule has 150 valence electrons. The number of nitrogens with one attached hydrogen (secondary N) is 1. The molecule has 0 unspecified atom stereocenters. The third-order valence-corrected chi connectivity index (χ3v) is 6.14. The number of aromatic nitrogens is 2. The van der Waals surface area contributed by atoms with Crippen molar-refractivity contribution in [2.24, 2.45) is 0 Å². The van der Waals surface area contributed by atoms with Crippen molar-refractivity contribution < 1.29 is 5.11 Å². The van der Waals surface area contributed by atoms with Gasteiger partial charge >= 0.3 is 0 Å². The molecule has 0 aliphatic rings. The van der Waals surface area contributed by atoms with Crippen LogP contribution < -0.4 is 5.56 Å². The zero-order valence-electron chi connectivity index (χ0n) is 16.0. The van der Waals surface area contributed by atoms with E-state index in [2.05, 4.69) is 16.4 Å². The SMILES string of the molecule is N#Cc1ccc(-c2c(O)c3c(cc(Cl)n3-c3ccc(-c4ccsc4)cc3)[nH]c2=O)cc1. The minimum absolute atomic E-state index is 0.128. The van der Waals surface area contributed by atoms with Crippen LogP contribution in [0.1, 0.15) is 5.56 Å². The Morgan fingerprint density at radius 3 is 2.35 bits per heavy atom. The van der Waals surface area contributed by atoms with Crippen molar-refractivity contribution in [2.45, 2.75) is 0 Å². The van der Waals surface area contributed by atoms with E-state index >= 15 is 0 Å². The number of H-pyrrole nitrogens is 1. The number of rotatable bonds is 3. The monoisotopic (exact) mass is 443 g/mol. The van der Waals surface area contributed by atoms with Gasteiger partial charge in [0.25, 0.3) is 5.56 Å². The van der Waals surface area contributed by atoms with E-state index in [1.807, 2.05) is 35.7 Å². The summed E-state index contributed by atoms with van der Waals surface area (Å²) < 4.78 is 1.70. The number of thiophene rings is 1. The summed E-state index contributed by atoms with van der Waals surface area (Å²) in [4.78, 5) is 15.5. The van der Waals surface area contributed by atoms with Gasteiger partial charge in [-0.1, -0.05) is 35.9 Å². The summed E-state index contributed by atoms with van der Waals surface area (Å²) >= 11 is 8.13. The Morgan fingerprint density at radius 1 is 1.00 bits per heavy atom. The van der Waals surface area contributed by atoms with Gasteiger partial charge in [0.05, 0.1) is 22.7 Å². The predicted octanol–water partition coefficient (Wildman–Crippen LogP) is 5.94. The number of fused-ring (bicyclic) bond motifs is 1. The fourth-order valence-electron chi connectivity index (χ4n) is 3.68. The highest BCUT2D eigenvalue weighted by Crippen LogP contribution is 2.37. The Morgan fingerprint density at radius 2 is 1.71 bits per heavy atom. The topological polar surface area (TPSA) is 81.8 Å². The second-order valence-corrected chi connectivity index (χ2v) is 8.16. The van der Waals surface area contributed by atoms with Crippen molar-refractivity contribution in [1.82, 2.24) is 9.55 Å².